The Kier molecular flexibility index (Phi) is 5.92. The maximum atomic E-state index is 12.8. The van der Waals surface area contributed by atoms with E-state index >= 15 is 0 Å². The van der Waals surface area contributed by atoms with Crippen molar-refractivity contribution in [3.63, 3.8) is 0 Å². The zero-order chi connectivity index (χ0) is 16.2. The van der Waals surface area contributed by atoms with Crippen LogP contribution >= 0.6 is 0 Å². The Bertz CT molecular complexity index is 475. The fraction of sp³-hybridized carbons (Fsp3) is 0.733. The summed E-state index contributed by atoms with van der Waals surface area (Å²) in [7, 11) is 7.06. The number of rotatable bonds is 7. The van der Waals surface area contributed by atoms with Crippen molar-refractivity contribution in [1.82, 2.24) is 14.7 Å². The molecule has 1 aromatic heterocycles. The first-order chi connectivity index (χ1) is 9.72. The van der Waals surface area contributed by atoms with E-state index in [1.807, 2.05) is 39.8 Å². The molecule has 21 heavy (non-hydrogen) atoms. The van der Waals surface area contributed by atoms with Crippen molar-refractivity contribution < 1.29 is 14.3 Å². The molecule has 0 saturated carbocycles. The smallest absolute Gasteiger partial charge is 0.213 e. The minimum Gasteiger partial charge on any atom is -0.493 e. The van der Waals surface area contributed by atoms with Crippen LogP contribution in [0.3, 0.4) is 0 Å². The molecule has 1 aromatic rings. The van der Waals surface area contributed by atoms with Gasteiger partial charge in [-0.05, 0) is 19.5 Å². The van der Waals surface area contributed by atoms with E-state index < -0.39 is 6.10 Å². The average Bonchev–Trinajstić information content (AvgIpc) is 2.78. The molecule has 6 nitrogen and oxygen atoms in total. The Morgan fingerprint density at radius 1 is 1.38 bits per heavy atom. The largest absolute Gasteiger partial charge is 0.493 e. The summed E-state index contributed by atoms with van der Waals surface area (Å²) >= 11 is 0. The van der Waals surface area contributed by atoms with Gasteiger partial charge in [0.05, 0.1) is 19.9 Å². The van der Waals surface area contributed by atoms with Crippen molar-refractivity contribution in [2.45, 2.75) is 33.4 Å². The van der Waals surface area contributed by atoms with Crippen LogP contribution in [-0.2, 0) is 11.3 Å². The summed E-state index contributed by atoms with van der Waals surface area (Å²) in [4.78, 5) is 14.9. The molecule has 0 aromatic carbocycles. The number of likely N-dealkylation sites (N-methyl/N-ethyl adjacent to an activating group) is 1. The van der Waals surface area contributed by atoms with Crippen molar-refractivity contribution in [2.75, 3.05) is 34.9 Å². The Morgan fingerprint density at radius 2 is 2.00 bits per heavy atom. The molecular weight excluding hydrogens is 270 g/mol. The predicted octanol–water partition coefficient (Wildman–Crippen LogP) is 1.70. The Balaban J connectivity index is 3.14. The van der Waals surface area contributed by atoms with Crippen LogP contribution in [0.1, 0.15) is 31.3 Å². The van der Waals surface area contributed by atoms with E-state index in [1.165, 1.54) is 0 Å². The average molecular weight is 297 g/mol. The molecule has 0 N–H and O–H groups in total. The lowest BCUT2D eigenvalue weighted by atomic mass is 9.85. The first-order valence-corrected chi connectivity index (χ1v) is 7.04. The SMILES string of the molecule is COc1cnn(CCN(C)C)c1C(=O)C(OC)C(C)(C)C. The van der Waals surface area contributed by atoms with Crippen LogP contribution in [0.4, 0.5) is 0 Å². The van der Waals surface area contributed by atoms with Crippen LogP contribution in [0.25, 0.3) is 0 Å². The lowest BCUT2D eigenvalue weighted by Gasteiger charge is -2.28. The van der Waals surface area contributed by atoms with E-state index in [0.29, 0.717) is 18.0 Å². The fourth-order valence-corrected chi connectivity index (χ4v) is 2.21. The topological polar surface area (TPSA) is 56.6 Å². The van der Waals surface area contributed by atoms with Gasteiger partial charge in [-0.1, -0.05) is 20.8 Å². The quantitative estimate of drug-likeness (QED) is 0.717. The number of nitrogens with zero attached hydrogens (tertiary/aromatic N) is 3. The maximum Gasteiger partial charge on any atom is 0.213 e. The molecule has 0 fully saturated rings. The highest BCUT2D eigenvalue weighted by Gasteiger charge is 2.35. The molecule has 1 rings (SSSR count). The van der Waals surface area contributed by atoms with Gasteiger partial charge < -0.3 is 14.4 Å². The van der Waals surface area contributed by atoms with E-state index in [0.717, 1.165) is 6.54 Å². The first-order valence-electron chi connectivity index (χ1n) is 7.04. The number of hydrogen-bond donors (Lipinski definition) is 0. The van der Waals surface area contributed by atoms with Crippen molar-refractivity contribution in [1.29, 1.82) is 0 Å². The molecule has 1 heterocycles. The van der Waals surface area contributed by atoms with Gasteiger partial charge in [0.15, 0.2) is 5.75 Å². The normalized spacial score (nSPS) is 13.5. The highest BCUT2D eigenvalue weighted by atomic mass is 16.5. The third-order valence-corrected chi connectivity index (χ3v) is 3.28. The van der Waals surface area contributed by atoms with Gasteiger partial charge in [-0.15, -0.1) is 0 Å². The van der Waals surface area contributed by atoms with E-state index in [9.17, 15) is 4.79 Å². The number of methoxy groups -OCH3 is 2. The molecule has 0 saturated heterocycles. The molecule has 0 aliphatic heterocycles. The lowest BCUT2D eigenvalue weighted by molar-refractivity contribution is 0.0185. The Labute approximate surface area is 127 Å². The molecule has 0 aliphatic carbocycles. The predicted molar refractivity (Wildman–Crippen MR) is 81.9 cm³/mol. The fourth-order valence-electron chi connectivity index (χ4n) is 2.21. The van der Waals surface area contributed by atoms with E-state index in [1.54, 1.807) is 25.1 Å². The summed E-state index contributed by atoms with van der Waals surface area (Å²) in [6, 6.07) is 0. The number of aromatic nitrogens is 2. The minimum atomic E-state index is -0.541. The van der Waals surface area contributed by atoms with Crippen LogP contribution in [0, 0.1) is 5.41 Å². The summed E-state index contributed by atoms with van der Waals surface area (Å²) in [6.45, 7) is 7.35. The molecule has 6 heteroatoms. The van der Waals surface area contributed by atoms with Crippen LogP contribution in [-0.4, -0.2) is 61.4 Å². The second-order valence-corrected chi connectivity index (χ2v) is 6.43. The highest BCUT2D eigenvalue weighted by Crippen LogP contribution is 2.28. The van der Waals surface area contributed by atoms with Gasteiger partial charge in [0.25, 0.3) is 0 Å². The molecule has 0 aliphatic rings. The third-order valence-electron chi connectivity index (χ3n) is 3.28. The van der Waals surface area contributed by atoms with Gasteiger partial charge in [-0.2, -0.15) is 5.10 Å². The van der Waals surface area contributed by atoms with Crippen molar-refractivity contribution >= 4 is 5.78 Å². The molecule has 1 unspecified atom stereocenters. The van der Waals surface area contributed by atoms with Gasteiger partial charge in [0.1, 0.15) is 11.8 Å². The maximum absolute atomic E-state index is 12.8. The number of ketones is 1. The molecule has 120 valence electrons. The van der Waals surface area contributed by atoms with Crippen LogP contribution in [0.15, 0.2) is 6.20 Å². The number of Topliss-reactive ketones (excluding diaryl/α,β-unsaturated/α-hetero) is 1. The Hall–Kier alpha value is -1.40. The number of ether oxygens (including phenoxy) is 2. The Morgan fingerprint density at radius 3 is 2.43 bits per heavy atom. The van der Waals surface area contributed by atoms with Crippen LogP contribution in [0.2, 0.25) is 0 Å². The van der Waals surface area contributed by atoms with Crippen LogP contribution in [0.5, 0.6) is 5.75 Å². The molecule has 0 amide bonds. The monoisotopic (exact) mass is 297 g/mol. The third kappa shape index (κ3) is 4.28. The van der Waals surface area contributed by atoms with E-state index in [4.69, 9.17) is 9.47 Å². The number of carbonyl (C=O) groups excluding carboxylic acids is 1. The summed E-state index contributed by atoms with van der Waals surface area (Å²) in [5.41, 5.74) is 0.175. The number of carbonyl (C=O) groups is 1. The summed E-state index contributed by atoms with van der Waals surface area (Å²) in [6.07, 6.45) is 1.04. The van der Waals surface area contributed by atoms with Crippen molar-refractivity contribution in [3.05, 3.63) is 11.9 Å². The first kappa shape index (κ1) is 17.7. The van der Waals surface area contributed by atoms with Gasteiger partial charge in [0, 0.05) is 13.7 Å². The molecular formula is C15H27N3O3. The van der Waals surface area contributed by atoms with E-state index in [-0.39, 0.29) is 11.2 Å². The van der Waals surface area contributed by atoms with Gasteiger partial charge in [-0.3, -0.25) is 9.48 Å². The number of hydrogen-bond acceptors (Lipinski definition) is 5. The lowest BCUT2D eigenvalue weighted by Crippen LogP contribution is -2.37. The van der Waals surface area contributed by atoms with Crippen LogP contribution < -0.4 is 4.74 Å². The summed E-state index contributed by atoms with van der Waals surface area (Å²) in [5.74, 6) is 0.392. The van der Waals surface area contributed by atoms with Gasteiger partial charge in [-0.25, -0.2) is 0 Å². The second-order valence-electron chi connectivity index (χ2n) is 6.43. The van der Waals surface area contributed by atoms with Gasteiger partial charge >= 0.3 is 0 Å². The zero-order valence-corrected chi connectivity index (χ0v) is 14.1. The molecule has 0 radical (unpaired) electrons. The molecule has 0 spiro atoms. The summed E-state index contributed by atoms with van der Waals surface area (Å²) in [5, 5.41) is 4.27. The molecule has 1 atom stereocenters. The van der Waals surface area contributed by atoms with Crippen molar-refractivity contribution in [2.24, 2.45) is 5.41 Å². The van der Waals surface area contributed by atoms with Gasteiger partial charge in [0.2, 0.25) is 5.78 Å². The zero-order valence-electron chi connectivity index (χ0n) is 14.1. The van der Waals surface area contributed by atoms with Crippen molar-refractivity contribution in [3.8, 4) is 5.75 Å². The minimum absolute atomic E-state index is 0.0990. The summed E-state index contributed by atoms with van der Waals surface area (Å²) < 4.78 is 12.4. The second kappa shape index (κ2) is 7.04. The molecule has 0 bridgehead atoms. The highest BCUT2D eigenvalue weighted by molar-refractivity contribution is 6.00. The van der Waals surface area contributed by atoms with E-state index in [2.05, 4.69) is 5.10 Å². The standard InChI is InChI=1S/C15H27N3O3/c1-15(2,3)14(21-7)13(19)12-11(20-6)10-16-18(12)9-8-17(4)5/h10,14H,8-9H2,1-7H3.